The molecule has 1 aromatic rings. The molecule has 0 aliphatic heterocycles. The van der Waals surface area contributed by atoms with Gasteiger partial charge < -0.3 is 10.1 Å². The first-order valence-corrected chi connectivity index (χ1v) is 4.48. The number of carboxylic acids is 1. The number of carboxylic acid groups (broad SMARTS) is 1. The zero-order chi connectivity index (χ0) is 11.6. The number of H-pyrrole nitrogens is 2. The lowest BCUT2D eigenvalue weighted by atomic mass is 9.92. The molecule has 1 heterocycles. The Morgan fingerprint density at radius 2 is 1.93 bits per heavy atom. The van der Waals surface area contributed by atoms with Gasteiger partial charge in [0.05, 0.1) is 5.92 Å². The van der Waals surface area contributed by atoms with Gasteiger partial charge >= 0.3 is 11.7 Å². The second-order valence-corrected chi connectivity index (χ2v) is 3.60. The second-order valence-electron chi connectivity index (χ2n) is 3.60. The van der Waals surface area contributed by atoms with Gasteiger partial charge in [-0.1, -0.05) is 13.8 Å². The Hall–Kier alpha value is -1.85. The van der Waals surface area contributed by atoms with E-state index in [-0.39, 0.29) is 11.6 Å². The number of nitrogens with one attached hydrogen (secondary N) is 2. The molecule has 3 N–H and O–H groups in total. The van der Waals surface area contributed by atoms with Crippen molar-refractivity contribution >= 4 is 5.97 Å². The fraction of sp³-hybridized carbons (Fsp3) is 0.444. The number of hydrogen-bond donors (Lipinski definition) is 3. The average Bonchev–Trinajstić information content (AvgIpc) is 1.99. The van der Waals surface area contributed by atoms with E-state index in [1.807, 2.05) is 4.98 Å². The summed E-state index contributed by atoms with van der Waals surface area (Å²) in [6, 6.07) is 1.10. The van der Waals surface area contributed by atoms with Crippen molar-refractivity contribution in [2.75, 3.05) is 0 Å². The van der Waals surface area contributed by atoms with E-state index in [0.717, 1.165) is 6.07 Å². The van der Waals surface area contributed by atoms with Crippen molar-refractivity contribution in [3.63, 3.8) is 0 Å². The van der Waals surface area contributed by atoms with E-state index in [4.69, 9.17) is 5.11 Å². The molecule has 0 aliphatic rings. The third kappa shape index (κ3) is 2.55. The fourth-order valence-electron chi connectivity index (χ4n) is 1.43. The molecule has 1 aromatic heterocycles. The summed E-state index contributed by atoms with van der Waals surface area (Å²) in [6.45, 7) is 3.41. The number of aliphatic carboxylic acids is 1. The maximum absolute atomic E-state index is 11.0. The molecule has 6 heteroatoms. The van der Waals surface area contributed by atoms with Crippen LogP contribution in [0.4, 0.5) is 0 Å². The molecule has 6 nitrogen and oxygen atoms in total. The van der Waals surface area contributed by atoms with Crippen molar-refractivity contribution < 1.29 is 9.90 Å². The maximum atomic E-state index is 11.0. The molecule has 0 aliphatic carbocycles. The normalized spacial score (nSPS) is 12.7. The first-order valence-electron chi connectivity index (χ1n) is 4.48. The number of carbonyl (C=O) groups is 1. The number of aromatic amines is 2. The van der Waals surface area contributed by atoms with E-state index < -0.39 is 23.1 Å². The molecule has 0 spiro atoms. The molecule has 0 saturated carbocycles. The Morgan fingerprint density at radius 1 is 1.33 bits per heavy atom. The van der Waals surface area contributed by atoms with Crippen molar-refractivity contribution in [3.05, 3.63) is 32.6 Å². The van der Waals surface area contributed by atoms with Crippen molar-refractivity contribution in [2.24, 2.45) is 5.92 Å². The van der Waals surface area contributed by atoms with Gasteiger partial charge in [0.15, 0.2) is 0 Å². The summed E-state index contributed by atoms with van der Waals surface area (Å²) in [5.41, 5.74) is -1.16. The smallest absolute Gasteiger partial charge is 0.325 e. The van der Waals surface area contributed by atoms with E-state index in [1.54, 1.807) is 13.8 Å². The summed E-state index contributed by atoms with van der Waals surface area (Å²) >= 11 is 0. The fourth-order valence-corrected chi connectivity index (χ4v) is 1.43. The third-order valence-electron chi connectivity index (χ3n) is 2.05. The van der Waals surface area contributed by atoms with Crippen LogP contribution in [0.3, 0.4) is 0 Å². The first kappa shape index (κ1) is 11.2. The van der Waals surface area contributed by atoms with Gasteiger partial charge in [0.2, 0.25) is 0 Å². The van der Waals surface area contributed by atoms with Crippen LogP contribution in [0.1, 0.15) is 25.5 Å². The topological polar surface area (TPSA) is 103 Å². The molecule has 1 atom stereocenters. The van der Waals surface area contributed by atoms with Gasteiger partial charge in [-0.05, 0) is 5.92 Å². The van der Waals surface area contributed by atoms with Crippen LogP contribution in [0.2, 0.25) is 0 Å². The van der Waals surface area contributed by atoms with Crippen LogP contribution in [0, 0.1) is 5.92 Å². The molecule has 0 fully saturated rings. The monoisotopic (exact) mass is 212 g/mol. The van der Waals surface area contributed by atoms with Gasteiger partial charge in [0.1, 0.15) is 0 Å². The number of hydrogen-bond acceptors (Lipinski definition) is 3. The summed E-state index contributed by atoms with van der Waals surface area (Å²) in [7, 11) is 0. The molecule has 15 heavy (non-hydrogen) atoms. The largest absolute Gasteiger partial charge is 0.481 e. The van der Waals surface area contributed by atoms with Crippen LogP contribution >= 0.6 is 0 Å². The van der Waals surface area contributed by atoms with Crippen molar-refractivity contribution in [2.45, 2.75) is 19.8 Å². The highest BCUT2D eigenvalue weighted by Crippen LogP contribution is 2.20. The van der Waals surface area contributed by atoms with Crippen LogP contribution in [0.25, 0.3) is 0 Å². The van der Waals surface area contributed by atoms with Gasteiger partial charge in [-0.25, -0.2) is 4.79 Å². The highest BCUT2D eigenvalue weighted by Gasteiger charge is 2.24. The van der Waals surface area contributed by atoms with Gasteiger partial charge in [0.25, 0.3) is 5.56 Å². The molecule has 0 bridgehead atoms. The summed E-state index contributed by atoms with van der Waals surface area (Å²) in [4.78, 5) is 37.2. The predicted molar refractivity (Wildman–Crippen MR) is 52.9 cm³/mol. The van der Waals surface area contributed by atoms with Gasteiger partial charge in [0, 0.05) is 11.8 Å². The summed E-state index contributed by atoms with van der Waals surface area (Å²) in [5.74, 6) is -2.15. The van der Waals surface area contributed by atoms with E-state index in [0.29, 0.717) is 0 Å². The SMILES string of the molecule is CC(C)C(C(=O)O)c1cc(=O)[nH]c(=O)[nH]1. The Balaban J connectivity index is 3.29. The van der Waals surface area contributed by atoms with Crippen molar-refractivity contribution in [1.82, 2.24) is 9.97 Å². The third-order valence-corrected chi connectivity index (χ3v) is 2.05. The lowest BCUT2D eigenvalue weighted by Crippen LogP contribution is -2.28. The zero-order valence-electron chi connectivity index (χ0n) is 8.40. The Morgan fingerprint density at radius 3 is 2.33 bits per heavy atom. The molecule has 82 valence electrons. The van der Waals surface area contributed by atoms with Crippen LogP contribution in [-0.4, -0.2) is 21.0 Å². The Labute approximate surface area is 85.0 Å². The number of aromatic nitrogens is 2. The Kier molecular flexibility index (Phi) is 3.08. The first-order chi connectivity index (χ1) is 6.91. The van der Waals surface area contributed by atoms with Crippen LogP contribution in [0.15, 0.2) is 15.7 Å². The van der Waals surface area contributed by atoms with Gasteiger partial charge in [-0.3, -0.25) is 14.6 Å². The maximum Gasteiger partial charge on any atom is 0.325 e. The zero-order valence-corrected chi connectivity index (χ0v) is 8.40. The summed E-state index contributed by atoms with van der Waals surface area (Å²) in [6.07, 6.45) is 0. The van der Waals surface area contributed by atoms with E-state index in [1.165, 1.54) is 0 Å². The molecular weight excluding hydrogens is 200 g/mol. The van der Waals surface area contributed by atoms with Crippen LogP contribution in [-0.2, 0) is 4.79 Å². The molecular formula is C9H12N2O4. The van der Waals surface area contributed by atoms with Gasteiger partial charge in [-0.2, -0.15) is 0 Å². The van der Waals surface area contributed by atoms with E-state index >= 15 is 0 Å². The minimum Gasteiger partial charge on any atom is -0.481 e. The van der Waals surface area contributed by atoms with E-state index in [2.05, 4.69) is 4.98 Å². The molecule has 0 radical (unpaired) electrons. The number of rotatable bonds is 3. The molecule has 1 unspecified atom stereocenters. The average molecular weight is 212 g/mol. The summed E-state index contributed by atoms with van der Waals surface area (Å²) < 4.78 is 0. The highest BCUT2D eigenvalue weighted by molar-refractivity contribution is 5.75. The van der Waals surface area contributed by atoms with Crippen molar-refractivity contribution in [3.8, 4) is 0 Å². The van der Waals surface area contributed by atoms with E-state index in [9.17, 15) is 14.4 Å². The minimum absolute atomic E-state index is 0.131. The lowest BCUT2D eigenvalue weighted by molar-refractivity contribution is -0.140. The van der Waals surface area contributed by atoms with Crippen molar-refractivity contribution in [1.29, 1.82) is 0 Å². The summed E-state index contributed by atoms with van der Waals surface area (Å²) in [5, 5.41) is 8.94. The second kappa shape index (κ2) is 4.12. The minimum atomic E-state index is -1.06. The lowest BCUT2D eigenvalue weighted by Gasteiger charge is -2.15. The van der Waals surface area contributed by atoms with Gasteiger partial charge in [-0.15, -0.1) is 0 Å². The highest BCUT2D eigenvalue weighted by atomic mass is 16.4. The molecule has 1 rings (SSSR count). The van der Waals surface area contributed by atoms with Crippen LogP contribution in [0.5, 0.6) is 0 Å². The predicted octanol–water partition coefficient (Wildman–Crippen LogP) is -0.113. The van der Waals surface area contributed by atoms with Crippen LogP contribution < -0.4 is 11.2 Å². The quantitative estimate of drug-likeness (QED) is 0.650. The molecule has 0 saturated heterocycles. The standard InChI is InChI=1S/C9H12N2O4/c1-4(2)7(8(13)14)5-3-6(12)11-9(15)10-5/h3-4,7H,1-2H3,(H,13,14)(H2,10,11,12,15). The Bertz CT molecular complexity index is 443. The molecule has 0 amide bonds. The molecule has 0 aromatic carbocycles.